The van der Waals surface area contributed by atoms with Crippen molar-refractivity contribution >= 4 is 69.2 Å². The molecule has 212 valence electrons. The summed E-state index contributed by atoms with van der Waals surface area (Å²) in [5.74, 6) is -0.0331. The van der Waals surface area contributed by atoms with Gasteiger partial charge in [-0.2, -0.15) is 8.42 Å². The Labute approximate surface area is 254 Å². The highest BCUT2D eigenvalue weighted by Crippen LogP contribution is 2.67. The van der Waals surface area contributed by atoms with Gasteiger partial charge in [-0.25, -0.2) is 0 Å². The normalized spacial score (nSPS) is 27.4. The molecule has 4 aromatic rings. The third-order valence-electron chi connectivity index (χ3n) is 8.82. The fourth-order valence-electron chi connectivity index (χ4n) is 7.36. The van der Waals surface area contributed by atoms with Crippen molar-refractivity contribution in [2.75, 3.05) is 11.9 Å². The number of anilines is 2. The molecule has 42 heavy (non-hydrogen) atoms. The molecule has 8 nitrogen and oxygen atoms in total. The number of carbonyl (C=O) groups is 2. The maximum absolute atomic E-state index is 14.4. The number of amides is 2. The van der Waals surface area contributed by atoms with Gasteiger partial charge in [-0.1, -0.05) is 84.7 Å². The first-order chi connectivity index (χ1) is 20.4. The molecule has 5 aliphatic rings. The zero-order chi connectivity index (χ0) is 29.2. The van der Waals surface area contributed by atoms with Gasteiger partial charge in [0.25, 0.3) is 11.8 Å². The van der Waals surface area contributed by atoms with Gasteiger partial charge in [0.1, 0.15) is 6.17 Å². The predicted molar refractivity (Wildman–Crippen MR) is 166 cm³/mol. The average molecular weight is 615 g/mol. The number of carbonyl (C=O) groups excluding carboxylic acids is 2. The highest BCUT2D eigenvalue weighted by Gasteiger charge is 2.74. The standard InChI is InChI=1S/C31H26N4O2S2.O2S/c1-19-38-27-26(36)35-28-30(18-31(35,39-19)29(37)33(27)2,16-20-17-32-24-14-8-6-12-22(20)24)23-13-7-9-15-25(23)34(28)21-10-4-3-5-11-21;1-3-2/h3-15,17,27-28,32H,1,16,18H2,2H3;/t27-,28-,30?,31?;/m1./s1. The Morgan fingerprint density at radius 2 is 1.69 bits per heavy atom. The lowest BCUT2D eigenvalue weighted by atomic mass is 9.73. The molecule has 9 rings (SSSR count). The number of likely N-dealkylation sites (N-methyl/N-ethyl adjacent to an activating group) is 1. The molecular formula is C31H26N4O4S3. The van der Waals surface area contributed by atoms with Crippen molar-refractivity contribution in [1.82, 2.24) is 14.8 Å². The molecule has 1 spiro atoms. The lowest BCUT2D eigenvalue weighted by Gasteiger charge is -2.47. The predicted octanol–water partition coefficient (Wildman–Crippen LogP) is 5.13. The summed E-state index contributed by atoms with van der Waals surface area (Å²) in [7, 11) is 1.76. The summed E-state index contributed by atoms with van der Waals surface area (Å²) in [5, 5.41) is 0.561. The van der Waals surface area contributed by atoms with Gasteiger partial charge in [0.15, 0.2) is 10.2 Å². The Balaban J connectivity index is 0.000000923. The van der Waals surface area contributed by atoms with Crippen molar-refractivity contribution in [1.29, 1.82) is 0 Å². The second-order valence-corrected chi connectivity index (χ2v) is 13.8. The van der Waals surface area contributed by atoms with Crippen molar-refractivity contribution in [2.24, 2.45) is 0 Å². The fourth-order valence-corrected chi connectivity index (χ4v) is 10.2. The molecule has 0 saturated carbocycles. The maximum atomic E-state index is 14.4. The molecule has 11 heteroatoms. The topological polar surface area (TPSA) is 93.8 Å². The quantitative estimate of drug-likeness (QED) is 0.342. The van der Waals surface area contributed by atoms with Crippen LogP contribution in [0.25, 0.3) is 10.9 Å². The number of nitrogens with one attached hydrogen (secondary N) is 1. The van der Waals surface area contributed by atoms with E-state index in [1.807, 2.05) is 29.2 Å². The molecule has 2 amide bonds. The van der Waals surface area contributed by atoms with E-state index >= 15 is 0 Å². The number of H-pyrrole nitrogens is 1. The van der Waals surface area contributed by atoms with Gasteiger partial charge in [-0.05, 0) is 41.8 Å². The van der Waals surface area contributed by atoms with Crippen LogP contribution in [0.4, 0.5) is 11.4 Å². The molecule has 0 aliphatic carbocycles. The van der Waals surface area contributed by atoms with Crippen LogP contribution in [-0.4, -0.2) is 58.5 Å². The molecule has 4 saturated heterocycles. The minimum atomic E-state index is -1.06. The minimum absolute atomic E-state index is 0.0126. The Hall–Kier alpha value is -3.80. The van der Waals surface area contributed by atoms with Crippen LogP contribution >= 0.6 is 23.5 Å². The van der Waals surface area contributed by atoms with Gasteiger partial charge >= 0.3 is 11.6 Å². The second kappa shape index (κ2) is 9.89. The van der Waals surface area contributed by atoms with Crippen molar-refractivity contribution in [3.63, 3.8) is 0 Å². The smallest absolute Gasteiger partial charge is 0.335 e. The molecule has 1 aromatic heterocycles. The van der Waals surface area contributed by atoms with Crippen LogP contribution in [0.2, 0.25) is 0 Å². The number of para-hydroxylation sites is 3. The summed E-state index contributed by atoms with van der Waals surface area (Å²) in [4.78, 5) is 37.0. The summed E-state index contributed by atoms with van der Waals surface area (Å²) in [6.45, 7) is 4.28. The van der Waals surface area contributed by atoms with Crippen molar-refractivity contribution in [3.05, 3.63) is 107 Å². The molecule has 6 heterocycles. The van der Waals surface area contributed by atoms with E-state index in [1.165, 1.54) is 40.0 Å². The van der Waals surface area contributed by atoms with Crippen molar-refractivity contribution in [3.8, 4) is 0 Å². The first-order valence-electron chi connectivity index (χ1n) is 13.4. The van der Waals surface area contributed by atoms with Crippen LogP contribution in [0.15, 0.2) is 95.9 Å². The third-order valence-corrected chi connectivity index (χ3v) is 11.4. The zero-order valence-electron chi connectivity index (χ0n) is 22.6. The number of benzene rings is 3. The van der Waals surface area contributed by atoms with Crippen LogP contribution < -0.4 is 4.90 Å². The van der Waals surface area contributed by atoms with Gasteiger partial charge in [0.2, 0.25) is 0 Å². The largest absolute Gasteiger partial charge is 0.361 e. The van der Waals surface area contributed by atoms with Crippen LogP contribution in [0.3, 0.4) is 0 Å². The summed E-state index contributed by atoms with van der Waals surface area (Å²) in [6.07, 6.45) is 2.93. The summed E-state index contributed by atoms with van der Waals surface area (Å²) in [5.41, 5.74) is 5.04. The van der Waals surface area contributed by atoms with E-state index in [0.29, 0.717) is 12.8 Å². The highest BCUT2D eigenvalue weighted by molar-refractivity contribution is 8.24. The minimum Gasteiger partial charge on any atom is -0.361 e. The number of hydrogen-bond acceptors (Lipinski definition) is 7. The average Bonchev–Trinajstić information content (AvgIpc) is 3.57. The molecule has 1 N–H and O–H groups in total. The van der Waals surface area contributed by atoms with Crippen LogP contribution in [0, 0.1) is 0 Å². The monoisotopic (exact) mass is 614 g/mol. The molecule has 0 radical (unpaired) electrons. The summed E-state index contributed by atoms with van der Waals surface area (Å²) in [6, 6.07) is 27.1. The van der Waals surface area contributed by atoms with Gasteiger partial charge < -0.3 is 14.8 Å². The Kier molecular flexibility index (Phi) is 6.37. The van der Waals surface area contributed by atoms with Gasteiger partial charge in [-0.3, -0.25) is 14.5 Å². The molecular weight excluding hydrogens is 589 g/mol. The lowest BCUT2D eigenvalue weighted by molar-refractivity contribution is -0.157. The van der Waals surface area contributed by atoms with E-state index in [4.69, 9.17) is 8.42 Å². The second-order valence-electron chi connectivity index (χ2n) is 10.9. The van der Waals surface area contributed by atoms with Gasteiger partial charge in [-0.15, -0.1) is 0 Å². The van der Waals surface area contributed by atoms with E-state index in [0.717, 1.165) is 21.1 Å². The first-order valence-corrected chi connectivity index (χ1v) is 15.8. The molecule has 2 unspecified atom stereocenters. The number of piperazine rings is 1. The maximum Gasteiger partial charge on any atom is 0.335 e. The van der Waals surface area contributed by atoms with E-state index < -0.39 is 27.2 Å². The number of rotatable bonds is 3. The Morgan fingerprint density at radius 1 is 1.00 bits per heavy atom. The summed E-state index contributed by atoms with van der Waals surface area (Å²) < 4.78 is 17.4. The Bertz CT molecular complexity index is 1810. The van der Waals surface area contributed by atoms with E-state index in [2.05, 4.69) is 77.3 Å². The SMILES string of the molecule is C=C1S[C@@H]2C(=O)N3[C@H]4N(c5ccccc5)c5ccccc5C4(Cc4c[nH]c5ccccc45)CC3(S1)C(=O)N2C.O=S=O. The lowest BCUT2D eigenvalue weighted by Crippen LogP contribution is -2.68. The molecule has 5 aliphatic heterocycles. The number of aromatic amines is 1. The number of aromatic nitrogens is 1. The third kappa shape index (κ3) is 3.63. The zero-order valence-corrected chi connectivity index (χ0v) is 25.0. The van der Waals surface area contributed by atoms with Crippen molar-refractivity contribution < 1.29 is 18.0 Å². The van der Waals surface area contributed by atoms with Gasteiger partial charge in [0, 0.05) is 51.6 Å². The van der Waals surface area contributed by atoms with Gasteiger partial charge in [0.05, 0.1) is 0 Å². The van der Waals surface area contributed by atoms with Crippen LogP contribution in [-0.2, 0) is 33.0 Å². The Morgan fingerprint density at radius 3 is 2.48 bits per heavy atom. The molecule has 3 aromatic carbocycles. The number of nitrogens with zero attached hydrogens (tertiary/aromatic N) is 3. The van der Waals surface area contributed by atoms with Crippen molar-refractivity contribution in [2.45, 2.75) is 34.7 Å². The molecule has 4 fully saturated rings. The number of fused-ring (bicyclic) bond motifs is 7. The fraction of sp³-hybridized carbons (Fsp3) is 0.226. The van der Waals surface area contributed by atoms with E-state index in [1.54, 1.807) is 11.9 Å². The number of hydrogen-bond donors (Lipinski definition) is 1. The van der Waals surface area contributed by atoms with E-state index in [9.17, 15) is 9.59 Å². The highest BCUT2D eigenvalue weighted by atomic mass is 32.2. The summed E-state index contributed by atoms with van der Waals surface area (Å²) >= 11 is 2.12. The van der Waals surface area contributed by atoms with E-state index in [-0.39, 0.29) is 18.0 Å². The molecule has 4 atom stereocenters. The van der Waals surface area contributed by atoms with Crippen LogP contribution in [0.1, 0.15) is 17.5 Å². The molecule has 2 bridgehead atoms. The first kappa shape index (κ1) is 27.1. The number of thioether (sulfide) groups is 2. The van der Waals surface area contributed by atoms with Crippen LogP contribution in [0.5, 0.6) is 0 Å².